The van der Waals surface area contributed by atoms with Crippen molar-refractivity contribution in [1.82, 2.24) is 30.1 Å². The van der Waals surface area contributed by atoms with E-state index in [4.69, 9.17) is 5.26 Å². The van der Waals surface area contributed by atoms with Crippen molar-refractivity contribution < 1.29 is 9.59 Å². The van der Waals surface area contributed by atoms with Crippen LogP contribution in [0.3, 0.4) is 0 Å². The molecule has 2 amide bonds. The molecule has 12 heteroatoms. The molecule has 0 aromatic carbocycles. The van der Waals surface area contributed by atoms with Gasteiger partial charge in [0.1, 0.15) is 22.8 Å². The van der Waals surface area contributed by atoms with E-state index in [-0.39, 0.29) is 11.8 Å². The van der Waals surface area contributed by atoms with Crippen LogP contribution < -0.4 is 16.0 Å². The topological polar surface area (TPSA) is 139 Å². The Morgan fingerprint density at radius 1 is 1.21 bits per heavy atom. The van der Waals surface area contributed by atoms with Crippen molar-refractivity contribution in [3.05, 3.63) is 35.0 Å². The molecule has 2 aromatic heterocycles. The Labute approximate surface area is 228 Å². The molecule has 0 radical (unpaired) electrons. The Kier molecular flexibility index (Phi) is 12.7. The lowest BCUT2D eigenvalue weighted by molar-refractivity contribution is -0.135. The van der Waals surface area contributed by atoms with Crippen LogP contribution in [-0.4, -0.2) is 83.4 Å². The summed E-state index contributed by atoms with van der Waals surface area (Å²) >= 11 is 1.22. The van der Waals surface area contributed by atoms with E-state index < -0.39 is 6.04 Å². The van der Waals surface area contributed by atoms with Gasteiger partial charge in [-0.25, -0.2) is 9.97 Å². The van der Waals surface area contributed by atoms with Crippen molar-refractivity contribution in [2.75, 3.05) is 51.4 Å². The molecular formula is C26H35N9O2S. The predicted octanol–water partition coefficient (Wildman–Crippen LogP) is 2.58. The zero-order valence-corrected chi connectivity index (χ0v) is 23.4. The molecule has 11 nitrogen and oxygen atoms in total. The first kappa shape index (κ1) is 30.2. The Morgan fingerprint density at radius 2 is 2.00 bits per heavy atom. The van der Waals surface area contributed by atoms with Crippen LogP contribution in [0, 0.1) is 23.2 Å². The maximum absolute atomic E-state index is 12.4. The van der Waals surface area contributed by atoms with Crippen LogP contribution >= 0.6 is 11.3 Å². The maximum atomic E-state index is 12.4. The Balaban J connectivity index is 1.87. The Morgan fingerprint density at radius 3 is 2.68 bits per heavy atom. The van der Waals surface area contributed by atoms with Crippen LogP contribution in [0.15, 0.2) is 24.5 Å². The van der Waals surface area contributed by atoms with Crippen LogP contribution in [0.1, 0.15) is 43.6 Å². The second kappa shape index (κ2) is 16.0. The first-order chi connectivity index (χ1) is 18.2. The highest BCUT2D eigenvalue weighted by atomic mass is 32.1. The van der Waals surface area contributed by atoms with E-state index in [0.717, 1.165) is 13.0 Å². The number of nitrogens with zero attached hydrogens (tertiary/aromatic N) is 6. The summed E-state index contributed by atoms with van der Waals surface area (Å²) in [5, 5.41) is 18.6. The van der Waals surface area contributed by atoms with Crippen LogP contribution in [0.25, 0.3) is 0 Å². The van der Waals surface area contributed by atoms with Gasteiger partial charge in [0.25, 0.3) is 0 Å². The van der Waals surface area contributed by atoms with Crippen molar-refractivity contribution in [3.8, 4) is 17.9 Å². The second-order valence-electron chi connectivity index (χ2n) is 8.64. The third kappa shape index (κ3) is 10.2. The molecule has 0 fully saturated rings. The van der Waals surface area contributed by atoms with Gasteiger partial charge in [0.2, 0.25) is 17.8 Å². The average Bonchev–Trinajstić information content (AvgIpc) is 3.36. The minimum absolute atomic E-state index is 0.209. The molecule has 2 aromatic rings. The molecule has 0 saturated carbocycles. The number of amides is 2. The molecular weight excluding hydrogens is 502 g/mol. The number of carbonyl (C=O) groups excluding carboxylic acids is 2. The smallest absolute Gasteiger partial charge is 0.246 e. The molecule has 3 N–H and O–H groups in total. The molecule has 1 atom stereocenters. The van der Waals surface area contributed by atoms with E-state index in [9.17, 15) is 9.59 Å². The van der Waals surface area contributed by atoms with Gasteiger partial charge >= 0.3 is 0 Å². The van der Waals surface area contributed by atoms with Gasteiger partial charge in [-0.15, -0.1) is 0 Å². The number of hydrogen-bond donors (Lipinski definition) is 3. The zero-order chi connectivity index (χ0) is 27.9. The summed E-state index contributed by atoms with van der Waals surface area (Å²) in [6.07, 6.45) is 8.54. The number of unbranched alkanes of at least 4 members (excludes halogenated alkanes) is 1. The van der Waals surface area contributed by atoms with E-state index in [1.807, 2.05) is 19.0 Å². The molecule has 2 heterocycles. The molecule has 0 aliphatic carbocycles. The summed E-state index contributed by atoms with van der Waals surface area (Å²) in [4.78, 5) is 41.5. The lowest BCUT2D eigenvalue weighted by Crippen LogP contribution is -2.45. The van der Waals surface area contributed by atoms with E-state index in [1.165, 1.54) is 28.5 Å². The molecule has 202 valence electrons. The molecule has 0 spiro atoms. The fourth-order valence-corrected chi connectivity index (χ4v) is 3.54. The number of nitriles is 1. The third-order valence-corrected chi connectivity index (χ3v) is 6.02. The first-order valence-electron chi connectivity index (χ1n) is 12.3. The standard InChI is InChI=1S/C26H35N9O2S/c1-6-13-28-23-20(17-30-25(32-23)33-26-31-18-21(16-27)38-26)11-8-7-9-14-29-24(37)19(2)35(5)22(36)12-10-15-34(3)4/h10,12,17-19H,6-7,9,13-15H2,1-5H3,(H,29,37)(H2,28,30,31,32,33)/t19-/m0/s1. The van der Waals surface area contributed by atoms with Gasteiger partial charge in [0, 0.05) is 39.2 Å². The highest BCUT2D eigenvalue weighted by molar-refractivity contribution is 7.16. The first-order valence-corrected chi connectivity index (χ1v) is 13.1. The summed E-state index contributed by atoms with van der Waals surface area (Å²) in [6.45, 7) is 5.60. The van der Waals surface area contributed by atoms with Gasteiger partial charge < -0.3 is 20.4 Å². The minimum Gasteiger partial charge on any atom is -0.369 e. The number of aromatic nitrogens is 3. The van der Waals surface area contributed by atoms with E-state index >= 15 is 0 Å². The Hall–Kier alpha value is -4.00. The largest absolute Gasteiger partial charge is 0.369 e. The van der Waals surface area contributed by atoms with Crippen molar-refractivity contribution in [3.63, 3.8) is 0 Å². The fourth-order valence-electron chi connectivity index (χ4n) is 2.93. The fraction of sp³-hybridized carbons (Fsp3) is 0.462. The number of carbonyl (C=O) groups is 2. The van der Waals surface area contributed by atoms with E-state index in [2.05, 4.69) is 55.7 Å². The number of rotatable bonds is 13. The quantitative estimate of drug-likeness (QED) is 0.200. The summed E-state index contributed by atoms with van der Waals surface area (Å²) < 4.78 is 0. The van der Waals surface area contributed by atoms with E-state index in [1.54, 1.807) is 26.2 Å². The van der Waals surface area contributed by atoms with Crippen LogP contribution in [-0.2, 0) is 9.59 Å². The Bertz CT molecular complexity index is 1210. The van der Waals surface area contributed by atoms with Gasteiger partial charge in [-0.05, 0) is 33.9 Å². The second-order valence-corrected chi connectivity index (χ2v) is 9.67. The molecule has 0 aliphatic rings. The lowest BCUT2D eigenvalue weighted by Gasteiger charge is -2.23. The van der Waals surface area contributed by atoms with Crippen molar-refractivity contribution in [1.29, 1.82) is 5.26 Å². The van der Waals surface area contributed by atoms with Gasteiger partial charge in [-0.2, -0.15) is 10.2 Å². The lowest BCUT2D eigenvalue weighted by atomic mass is 10.2. The molecule has 0 aliphatic heterocycles. The maximum Gasteiger partial charge on any atom is 0.246 e. The highest BCUT2D eigenvalue weighted by Crippen LogP contribution is 2.21. The zero-order valence-electron chi connectivity index (χ0n) is 22.5. The normalized spacial score (nSPS) is 11.4. The van der Waals surface area contributed by atoms with Gasteiger partial charge in [0.15, 0.2) is 5.13 Å². The van der Waals surface area contributed by atoms with E-state index in [0.29, 0.717) is 53.3 Å². The highest BCUT2D eigenvalue weighted by Gasteiger charge is 2.20. The van der Waals surface area contributed by atoms with Crippen LogP contribution in [0.2, 0.25) is 0 Å². The van der Waals surface area contributed by atoms with Crippen molar-refractivity contribution in [2.24, 2.45) is 0 Å². The van der Waals surface area contributed by atoms with Gasteiger partial charge in [0.05, 0.1) is 18.0 Å². The number of nitrogens with one attached hydrogen (secondary N) is 3. The van der Waals surface area contributed by atoms with Crippen molar-refractivity contribution in [2.45, 2.75) is 39.2 Å². The van der Waals surface area contributed by atoms with Crippen molar-refractivity contribution >= 4 is 40.0 Å². The summed E-state index contributed by atoms with van der Waals surface area (Å²) in [6, 6.07) is 1.47. The van der Waals surface area contributed by atoms with Gasteiger partial charge in [-0.1, -0.05) is 36.2 Å². The average molecular weight is 538 g/mol. The van der Waals surface area contributed by atoms with Crippen LogP contribution in [0.5, 0.6) is 0 Å². The molecule has 0 unspecified atom stereocenters. The van der Waals surface area contributed by atoms with Gasteiger partial charge in [-0.3, -0.25) is 14.9 Å². The summed E-state index contributed by atoms with van der Waals surface area (Å²) in [7, 11) is 5.45. The summed E-state index contributed by atoms with van der Waals surface area (Å²) in [5.74, 6) is 6.76. The molecule has 38 heavy (non-hydrogen) atoms. The minimum atomic E-state index is -0.579. The SMILES string of the molecule is CCCNc1nc(Nc2ncc(C#N)s2)ncc1C#CCCCNC(=O)[C@H](C)N(C)C(=O)C=CCN(C)C. The number of hydrogen-bond acceptors (Lipinski definition) is 10. The molecule has 0 saturated heterocycles. The molecule has 0 bridgehead atoms. The summed E-state index contributed by atoms with van der Waals surface area (Å²) in [5.41, 5.74) is 0.668. The van der Waals surface area contributed by atoms with Crippen LogP contribution in [0.4, 0.5) is 16.9 Å². The third-order valence-electron chi connectivity index (χ3n) is 5.21. The monoisotopic (exact) mass is 537 g/mol. The molecule has 2 rings (SSSR count). The number of likely N-dealkylation sites (N-methyl/N-ethyl adjacent to an activating group) is 2. The predicted molar refractivity (Wildman–Crippen MR) is 150 cm³/mol. The number of thiazole rings is 1. The number of anilines is 3.